The lowest BCUT2D eigenvalue weighted by Crippen LogP contribution is -2.44. The third-order valence-electron chi connectivity index (χ3n) is 7.86. The maximum atomic E-state index is 13.1. The Hall–Kier alpha value is -3.53. The predicted molar refractivity (Wildman–Crippen MR) is 147 cm³/mol. The van der Waals surface area contributed by atoms with Crippen molar-refractivity contribution in [3.8, 4) is 0 Å². The van der Waals surface area contributed by atoms with Crippen LogP contribution in [0.2, 0.25) is 0 Å². The fraction of sp³-hybridized carbons (Fsp3) is 0.433. The summed E-state index contributed by atoms with van der Waals surface area (Å²) in [5, 5.41) is 3.02. The molecule has 0 spiro atoms. The molecule has 1 amide bonds. The van der Waals surface area contributed by atoms with E-state index in [-0.39, 0.29) is 29.6 Å². The summed E-state index contributed by atoms with van der Waals surface area (Å²) in [6.07, 6.45) is 8.11. The molecule has 3 aromatic rings. The highest BCUT2D eigenvalue weighted by molar-refractivity contribution is 5.92. The van der Waals surface area contributed by atoms with Gasteiger partial charge in [0.2, 0.25) is 0 Å². The van der Waals surface area contributed by atoms with Crippen LogP contribution < -0.4 is 10.9 Å². The monoisotopic (exact) mass is 529 g/mol. The molecule has 0 radical (unpaired) electrons. The number of allylic oxidation sites excluding steroid dienone is 1. The Kier molecular flexibility index (Phi) is 6.74. The minimum Gasteiger partial charge on any atom is -0.348 e. The topological polar surface area (TPSA) is 90.6 Å². The van der Waals surface area contributed by atoms with Gasteiger partial charge in [-0.1, -0.05) is 30.3 Å². The highest BCUT2D eigenvalue weighted by atomic mass is 16.8. The maximum Gasteiger partial charge on any atom is 0.271 e. The number of aromatic nitrogens is 3. The van der Waals surface area contributed by atoms with E-state index in [0.717, 1.165) is 37.4 Å². The number of carbonyl (C=O) groups is 1. The third kappa shape index (κ3) is 5.48. The molecular formula is C30H35N5O4. The lowest BCUT2D eigenvalue weighted by atomic mass is 9.97. The normalized spacial score (nSPS) is 23.8. The second kappa shape index (κ2) is 10.2. The first-order valence-corrected chi connectivity index (χ1v) is 13.6. The molecule has 0 saturated carbocycles. The number of carbonyl (C=O) groups excluding carboxylic acids is 1. The van der Waals surface area contributed by atoms with Gasteiger partial charge in [0, 0.05) is 64.1 Å². The molecule has 1 saturated heterocycles. The first-order chi connectivity index (χ1) is 18.7. The van der Waals surface area contributed by atoms with Crippen molar-refractivity contribution >= 4 is 12.0 Å². The zero-order valence-electron chi connectivity index (χ0n) is 22.7. The number of rotatable bonds is 6. The fourth-order valence-electron chi connectivity index (χ4n) is 5.79. The number of fused-ring (bicyclic) bond motifs is 2. The molecule has 3 aliphatic heterocycles. The van der Waals surface area contributed by atoms with Crippen LogP contribution in [0.4, 0.5) is 0 Å². The van der Waals surface area contributed by atoms with Gasteiger partial charge in [0.15, 0.2) is 5.79 Å². The van der Waals surface area contributed by atoms with Crippen molar-refractivity contribution in [2.24, 2.45) is 7.05 Å². The molecule has 9 heteroatoms. The summed E-state index contributed by atoms with van der Waals surface area (Å²) in [4.78, 5) is 32.1. The Labute approximate surface area is 228 Å². The van der Waals surface area contributed by atoms with Crippen molar-refractivity contribution in [1.82, 2.24) is 24.3 Å². The second-order valence-electron chi connectivity index (χ2n) is 11.2. The van der Waals surface area contributed by atoms with Gasteiger partial charge in [0.25, 0.3) is 11.5 Å². The summed E-state index contributed by atoms with van der Waals surface area (Å²) in [7, 11) is 1.74. The van der Waals surface area contributed by atoms with E-state index in [1.54, 1.807) is 30.1 Å². The third-order valence-corrected chi connectivity index (χ3v) is 7.86. The van der Waals surface area contributed by atoms with Gasteiger partial charge < -0.3 is 23.9 Å². The Balaban J connectivity index is 1.08. The van der Waals surface area contributed by atoms with E-state index < -0.39 is 5.79 Å². The van der Waals surface area contributed by atoms with Crippen LogP contribution in [0, 0.1) is 0 Å². The average molecular weight is 530 g/mol. The quantitative estimate of drug-likeness (QED) is 0.528. The molecule has 9 nitrogen and oxygen atoms in total. The molecular weight excluding hydrogens is 494 g/mol. The number of ether oxygens (including phenoxy) is 2. The van der Waals surface area contributed by atoms with E-state index in [1.807, 2.05) is 36.6 Å². The summed E-state index contributed by atoms with van der Waals surface area (Å²) in [5.41, 5.74) is 4.05. The molecule has 3 aliphatic rings. The van der Waals surface area contributed by atoms with Crippen LogP contribution in [0.5, 0.6) is 0 Å². The van der Waals surface area contributed by atoms with E-state index in [0.29, 0.717) is 18.8 Å². The first kappa shape index (κ1) is 25.7. The zero-order chi connectivity index (χ0) is 27.1. The summed E-state index contributed by atoms with van der Waals surface area (Å²) in [6.45, 7) is 7.40. The Bertz CT molecular complexity index is 1470. The van der Waals surface area contributed by atoms with Gasteiger partial charge in [-0.25, -0.2) is 4.98 Å². The van der Waals surface area contributed by atoms with Gasteiger partial charge in [-0.2, -0.15) is 0 Å². The van der Waals surface area contributed by atoms with Crippen molar-refractivity contribution < 1.29 is 14.3 Å². The van der Waals surface area contributed by atoms with Crippen molar-refractivity contribution in [1.29, 1.82) is 0 Å². The fourth-order valence-corrected chi connectivity index (χ4v) is 5.79. The van der Waals surface area contributed by atoms with Crippen LogP contribution in [-0.2, 0) is 36.0 Å². The van der Waals surface area contributed by atoms with E-state index in [9.17, 15) is 9.59 Å². The minimum atomic E-state index is -0.709. The van der Waals surface area contributed by atoms with Crippen LogP contribution in [0.3, 0.4) is 0 Å². The highest BCUT2D eigenvalue weighted by Crippen LogP contribution is 2.30. The SMILES string of the molecule is Cn1ccc(C2C=Cc3nc(C(=O)NC[C@@H]4OC(C)(C)O[C@H]4CN4CCc5ccccc5C4)cn3C2)cc1=O. The van der Waals surface area contributed by atoms with E-state index in [4.69, 9.17) is 9.47 Å². The summed E-state index contributed by atoms with van der Waals surface area (Å²) in [5.74, 6) is -0.177. The summed E-state index contributed by atoms with van der Waals surface area (Å²) in [6, 6.07) is 12.2. The molecule has 3 atom stereocenters. The van der Waals surface area contributed by atoms with Crippen LogP contribution in [0.25, 0.3) is 6.08 Å². The number of hydrogen-bond donors (Lipinski definition) is 1. The number of hydrogen-bond acceptors (Lipinski definition) is 6. The van der Waals surface area contributed by atoms with E-state index in [1.165, 1.54) is 11.1 Å². The Morgan fingerprint density at radius 2 is 1.95 bits per heavy atom. The van der Waals surface area contributed by atoms with E-state index >= 15 is 0 Å². The maximum absolute atomic E-state index is 13.1. The van der Waals surface area contributed by atoms with Crippen LogP contribution >= 0.6 is 0 Å². The molecule has 204 valence electrons. The lowest BCUT2D eigenvalue weighted by molar-refractivity contribution is -0.147. The molecule has 0 aliphatic carbocycles. The Morgan fingerprint density at radius 1 is 1.15 bits per heavy atom. The highest BCUT2D eigenvalue weighted by Gasteiger charge is 2.42. The van der Waals surface area contributed by atoms with E-state index in [2.05, 4.69) is 39.5 Å². The number of benzene rings is 1. The number of nitrogens with one attached hydrogen (secondary N) is 1. The van der Waals surface area contributed by atoms with Gasteiger partial charge in [0.1, 0.15) is 23.7 Å². The zero-order valence-corrected chi connectivity index (χ0v) is 22.7. The number of amides is 1. The first-order valence-electron chi connectivity index (χ1n) is 13.6. The molecule has 6 rings (SSSR count). The number of imidazole rings is 1. The van der Waals surface area contributed by atoms with Crippen molar-refractivity contribution in [3.63, 3.8) is 0 Å². The van der Waals surface area contributed by atoms with Gasteiger partial charge in [-0.3, -0.25) is 14.5 Å². The second-order valence-corrected chi connectivity index (χ2v) is 11.2. The molecule has 1 unspecified atom stereocenters. The lowest BCUT2D eigenvalue weighted by Gasteiger charge is -2.31. The molecule has 0 bridgehead atoms. The Morgan fingerprint density at radius 3 is 2.77 bits per heavy atom. The van der Waals surface area contributed by atoms with Crippen LogP contribution in [0.1, 0.15) is 52.8 Å². The molecule has 1 fully saturated rings. The van der Waals surface area contributed by atoms with Gasteiger partial charge >= 0.3 is 0 Å². The van der Waals surface area contributed by atoms with Crippen molar-refractivity contribution in [2.75, 3.05) is 19.6 Å². The number of nitrogens with zero attached hydrogens (tertiary/aromatic N) is 4. The van der Waals surface area contributed by atoms with Crippen LogP contribution in [-0.4, -0.2) is 62.6 Å². The van der Waals surface area contributed by atoms with Gasteiger partial charge in [-0.05, 0) is 49.1 Å². The molecule has 1 aromatic carbocycles. The van der Waals surface area contributed by atoms with Gasteiger partial charge in [-0.15, -0.1) is 0 Å². The smallest absolute Gasteiger partial charge is 0.271 e. The van der Waals surface area contributed by atoms with Crippen LogP contribution in [0.15, 0.2) is 59.7 Å². The van der Waals surface area contributed by atoms with Crippen molar-refractivity contribution in [2.45, 2.75) is 57.3 Å². The standard InChI is InChI=1S/C30H35N5O4/c1-30(2)38-25(26(39-30)19-34-13-11-20-6-4-5-7-22(20)16-34)15-31-29(37)24-18-35-17-23(8-9-27(35)32-24)21-10-12-33(3)28(36)14-21/h4-10,12,14,18,23,25-26H,11,13,15-17,19H2,1-3H3,(H,31,37)/t23?,25-,26-/m0/s1. The largest absolute Gasteiger partial charge is 0.348 e. The number of aryl methyl sites for hydroxylation is 1. The van der Waals surface area contributed by atoms with Gasteiger partial charge in [0.05, 0.1) is 0 Å². The minimum absolute atomic E-state index is 0.0397. The molecule has 5 heterocycles. The number of pyridine rings is 1. The summed E-state index contributed by atoms with van der Waals surface area (Å²) >= 11 is 0. The summed E-state index contributed by atoms with van der Waals surface area (Å²) < 4.78 is 16.0. The molecule has 2 aromatic heterocycles. The average Bonchev–Trinajstić information content (AvgIpc) is 3.48. The predicted octanol–water partition coefficient (Wildman–Crippen LogP) is 2.70. The van der Waals surface area contributed by atoms with Crippen molar-refractivity contribution in [3.05, 3.63) is 93.4 Å². The molecule has 1 N–H and O–H groups in total. The molecule has 39 heavy (non-hydrogen) atoms.